The zero-order valence-corrected chi connectivity index (χ0v) is 6.24. The van der Waals surface area contributed by atoms with Gasteiger partial charge in [0, 0.05) is 18.0 Å². The van der Waals surface area contributed by atoms with Gasteiger partial charge in [-0.1, -0.05) is 6.58 Å². The van der Waals surface area contributed by atoms with Gasteiger partial charge in [0.25, 0.3) is 0 Å². The average molecular weight is 151 g/mol. The molecule has 0 aliphatic rings. The quantitative estimate of drug-likeness (QED) is 0.625. The summed E-state index contributed by atoms with van der Waals surface area (Å²) in [6, 6.07) is 0. The standard InChI is InChI=1S/C7H9N3O/c1-3-10-4-5(2)6(8)9-7(10)11/h3-4H,1H2,2H3,(H2,8,9,11). The fourth-order valence-electron chi connectivity index (χ4n) is 0.710. The van der Waals surface area contributed by atoms with Crippen LogP contribution in [0, 0.1) is 6.92 Å². The number of aromatic nitrogens is 2. The van der Waals surface area contributed by atoms with Gasteiger partial charge in [0.05, 0.1) is 0 Å². The summed E-state index contributed by atoms with van der Waals surface area (Å²) in [5, 5.41) is 0. The van der Waals surface area contributed by atoms with Crippen molar-refractivity contribution in [3.05, 3.63) is 28.8 Å². The molecule has 0 radical (unpaired) electrons. The second-order valence-corrected chi connectivity index (χ2v) is 2.18. The van der Waals surface area contributed by atoms with Crippen molar-refractivity contribution in [2.24, 2.45) is 0 Å². The molecule has 58 valence electrons. The number of hydrogen-bond acceptors (Lipinski definition) is 3. The minimum absolute atomic E-state index is 0.271. The van der Waals surface area contributed by atoms with Crippen LogP contribution in [0.1, 0.15) is 5.56 Å². The van der Waals surface area contributed by atoms with Crippen LogP contribution in [0.3, 0.4) is 0 Å². The van der Waals surface area contributed by atoms with Crippen LogP contribution in [0.2, 0.25) is 0 Å². The Labute approximate surface area is 64.0 Å². The smallest absolute Gasteiger partial charge is 0.353 e. The fraction of sp³-hybridized carbons (Fsp3) is 0.143. The second-order valence-electron chi connectivity index (χ2n) is 2.18. The van der Waals surface area contributed by atoms with Gasteiger partial charge in [0.2, 0.25) is 0 Å². The molecule has 0 unspecified atom stereocenters. The number of hydrogen-bond donors (Lipinski definition) is 1. The summed E-state index contributed by atoms with van der Waals surface area (Å²) >= 11 is 0. The van der Waals surface area contributed by atoms with Gasteiger partial charge in [-0.3, -0.25) is 4.57 Å². The first-order chi connectivity index (χ1) is 5.15. The summed E-state index contributed by atoms with van der Waals surface area (Å²) in [5.74, 6) is 0.271. The maximum Gasteiger partial charge on any atom is 0.353 e. The monoisotopic (exact) mass is 151 g/mol. The van der Waals surface area contributed by atoms with Crippen molar-refractivity contribution in [2.75, 3.05) is 5.73 Å². The highest BCUT2D eigenvalue weighted by Gasteiger charge is 1.97. The molecule has 0 saturated carbocycles. The summed E-state index contributed by atoms with van der Waals surface area (Å²) in [5.41, 5.74) is 5.75. The van der Waals surface area contributed by atoms with Crippen LogP contribution in [0.15, 0.2) is 17.6 Å². The SMILES string of the molecule is C=Cn1cc(C)c(N)nc1=O. The van der Waals surface area contributed by atoms with Crippen LogP contribution < -0.4 is 11.4 Å². The highest BCUT2D eigenvalue weighted by Crippen LogP contribution is 2.00. The highest BCUT2D eigenvalue weighted by molar-refractivity contribution is 5.37. The van der Waals surface area contributed by atoms with Gasteiger partial charge in [-0.25, -0.2) is 4.79 Å². The molecule has 2 N–H and O–H groups in total. The van der Waals surface area contributed by atoms with Crippen LogP contribution in [0.4, 0.5) is 5.82 Å². The predicted octanol–water partition coefficient (Wildman–Crippen LogP) is 0.234. The summed E-state index contributed by atoms with van der Waals surface area (Å²) in [6.07, 6.45) is 2.99. The van der Waals surface area contributed by atoms with E-state index in [-0.39, 0.29) is 5.82 Å². The molecule has 0 aliphatic heterocycles. The lowest BCUT2D eigenvalue weighted by atomic mass is 10.3. The van der Waals surface area contributed by atoms with Gasteiger partial charge < -0.3 is 5.73 Å². The maximum absolute atomic E-state index is 10.9. The Morgan fingerprint density at radius 1 is 1.82 bits per heavy atom. The summed E-state index contributed by atoms with van der Waals surface area (Å²) < 4.78 is 1.28. The van der Waals surface area contributed by atoms with Crippen molar-refractivity contribution >= 4 is 12.0 Å². The minimum atomic E-state index is -0.400. The van der Waals surface area contributed by atoms with Crippen molar-refractivity contribution in [3.63, 3.8) is 0 Å². The first-order valence-corrected chi connectivity index (χ1v) is 3.13. The number of aryl methyl sites for hydroxylation is 1. The van der Waals surface area contributed by atoms with Gasteiger partial charge in [-0.2, -0.15) is 4.98 Å². The van der Waals surface area contributed by atoms with E-state index in [0.717, 1.165) is 5.56 Å². The molecule has 1 aromatic rings. The molecule has 0 amide bonds. The third kappa shape index (κ3) is 1.29. The average Bonchev–Trinajstić information content (AvgIpc) is 1.97. The van der Waals surface area contributed by atoms with E-state index in [1.807, 2.05) is 0 Å². The highest BCUT2D eigenvalue weighted by atomic mass is 16.1. The lowest BCUT2D eigenvalue weighted by Gasteiger charge is -2.00. The van der Waals surface area contributed by atoms with Gasteiger partial charge in [-0.05, 0) is 6.92 Å². The topological polar surface area (TPSA) is 60.9 Å². The second kappa shape index (κ2) is 2.57. The Morgan fingerprint density at radius 2 is 2.45 bits per heavy atom. The summed E-state index contributed by atoms with van der Waals surface area (Å²) in [4.78, 5) is 14.5. The Bertz CT molecular complexity index is 340. The number of nitrogens with zero attached hydrogens (tertiary/aromatic N) is 2. The molecule has 0 bridgehead atoms. The molecule has 0 aromatic carbocycles. The number of nitrogen functional groups attached to an aromatic ring is 1. The molecule has 0 fully saturated rings. The van der Waals surface area contributed by atoms with Crippen LogP contribution in [0.25, 0.3) is 6.20 Å². The molecule has 11 heavy (non-hydrogen) atoms. The summed E-state index contributed by atoms with van der Waals surface area (Å²) in [7, 11) is 0. The fourth-order valence-corrected chi connectivity index (χ4v) is 0.710. The molecule has 1 aromatic heterocycles. The predicted molar refractivity (Wildman–Crippen MR) is 44.0 cm³/mol. The zero-order chi connectivity index (χ0) is 8.43. The Hall–Kier alpha value is -1.58. The van der Waals surface area contributed by atoms with E-state index in [0.29, 0.717) is 0 Å². The lowest BCUT2D eigenvalue weighted by molar-refractivity contribution is 0.953. The number of nitrogens with two attached hydrogens (primary N) is 1. The van der Waals surface area contributed by atoms with Gasteiger partial charge in [0.15, 0.2) is 0 Å². The van der Waals surface area contributed by atoms with E-state index in [4.69, 9.17) is 5.73 Å². The molecule has 0 atom stereocenters. The third-order valence-corrected chi connectivity index (χ3v) is 1.37. The lowest BCUT2D eigenvalue weighted by Crippen LogP contribution is -2.20. The number of anilines is 1. The van der Waals surface area contributed by atoms with Crippen molar-refractivity contribution in [2.45, 2.75) is 6.92 Å². The van der Waals surface area contributed by atoms with E-state index in [2.05, 4.69) is 11.6 Å². The normalized spacial score (nSPS) is 9.55. The molecule has 0 aliphatic carbocycles. The van der Waals surface area contributed by atoms with Crippen LogP contribution in [0.5, 0.6) is 0 Å². The van der Waals surface area contributed by atoms with Gasteiger partial charge in [0.1, 0.15) is 5.82 Å². The molecule has 0 saturated heterocycles. The first-order valence-electron chi connectivity index (χ1n) is 3.13. The molecular weight excluding hydrogens is 142 g/mol. The molecule has 4 heteroatoms. The molecule has 0 spiro atoms. The summed E-state index contributed by atoms with van der Waals surface area (Å²) in [6.45, 7) is 5.22. The molecule has 1 heterocycles. The first kappa shape index (κ1) is 7.53. The maximum atomic E-state index is 10.9. The van der Waals surface area contributed by atoms with Crippen molar-refractivity contribution in [3.8, 4) is 0 Å². The van der Waals surface area contributed by atoms with E-state index >= 15 is 0 Å². The molecular formula is C7H9N3O. The van der Waals surface area contributed by atoms with Crippen LogP contribution in [-0.2, 0) is 0 Å². The van der Waals surface area contributed by atoms with Crippen molar-refractivity contribution < 1.29 is 0 Å². The molecule has 1 rings (SSSR count). The Morgan fingerprint density at radius 3 is 3.00 bits per heavy atom. The zero-order valence-electron chi connectivity index (χ0n) is 6.24. The van der Waals surface area contributed by atoms with Gasteiger partial charge in [-0.15, -0.1) is 0 Å². The van der Waals surface area contributed by atoms with Crippen molar-refractivity contribution in [1.82, 2.24) is 9.55 Å². The van der Waals surface area contributed by atoms with Crippen LogP contribution in [-0.4, -0.2) is 9.55 Å². The largest absolute Gasteiger partial charge is 0.383 e. The van der Waals surface area contributed by atoms with E-state index in [9.17, 15) is 4.79 Å². The van der Waals surface area contributed by atoms with Crippen LogP contribution >= 0.6 is 0 Å². The molecule has 4 nitrogen and oxygen atoms in total. The van der Waals surface area contributed by atoms with E-state index in [1.54, 1.807) is 13.1 Å². The van der Waals surface area contributed by atoms with Gasteiger partial charge >= 0.3 is 5.69 Å². The van der Waals surface area contributed by atoms with E-state index in [1.165, 1.54) is 10.8 Å². The Balaban J connectivity index is 3.44. The van der Waals surface area contributed by atoms with Crippen molar-refractivity contribution in [1.29, 1.82) is 0 Å². The minimum Gasteiger partial charge on any atom is -0.383 e. The number of rotatable bonds is 1. The Kier molecular flexibility index (Phi) is 1.76. The van der Waals surface area contributed by atoms with E-state index < -0.39 is 5.69 Å². The third-order valence-electron chi connectivity index (χ3n) is 1.37.